The fourth-order valence-electron chi connectivity index (χ4n) is 2.87. The van der Waals surface area contributed by atoms with E-state index < -0.39 is 24.9 Å². The molecule has 6 nitrogen and oxygen atoms in total. The molecule has 8 heteroatoms. The van der Waals surface area contributed by atoms with Gasteiger partial charge in [0.2, 0.25) is 5.91 Å². The smallest absolute Gasteiger partial charge is 0.262 e. The first kappa shape index (κ1) is 14.2. The standard InChI is InChI=1S/C13H19F2N5O/c1-18-8-10(7-17-18)19-2-4-20(5-3-19)12(21)11-6-13(14,15)9-16-11/h7-8,11,16H,2-6,9H2,1H3. The first-order valence-corrected chi connectivity index (χ1v) is 7.08. The van der Waals surface area contributed by atoms with Gasteiger partial charge in [0.1, 0.15) is 0 Å². The topological polar surface area (TPSA) is 53.4 Å². The molecule has 1 atom stereocenters. The molecule has 2 aliphatic rings. The Morgan fingerprint density at radius 1 is 1.38 bits per heavy atom. The molecule has 1 amide bonds. The number of nitrogens with one attached hydrogen (secondary N) is 1. The van der Waals surface area contributed by atoms with Crippen LogP contribution in [0.5, 0.6) is 0 Å². The van der Waals surface area contributed by atoms with Crippen molar-refractivity contribution in [2.75, 3.05) is 37.6 Å². The van der Waals surface area contributed by atoms with Crippen LogP contribution < -0.4 is 10.2 Å². The average Bonchev–Trinajstić information content (AvgIpc) is 3.04. The van der Waals surface area contributed by atoms with E-state index in [0.29, 0.717) is 26.2 Å². The molecule has 1 aromatic rings. The number of amides is 1. The summed E-state index contributed by atoms with van der Waals surface area (Å²) in [6.07, 6.45) is 3.32. The number of halogens is 2. The average molecular weight is 299 g/mol. The van der Waals surface area contributed by atoms with Crippen molar-refractivity contribution in [1.82, 2.24) is 20.0 Å². The van der Waals surface area contributed by atoms with Gasteiger partial charge in [-0.15, -0.1) is 0 Å². The Kier molecular flexibility index (Phi) is 3.56. The number of alkyl halides is 2. The van der Waals surface area contributed by atoms with Crippen molar-refractivity contribution >= 4 is 11.6 Å². The van der Waals surface area contributed by atoms with Crippen LogP contribution in [0.4, 0.5) is 14.5 Å². The quantitative estimate of drug-likeness (QED) is 0.839. The molecule has 1 aromatic heterocycles. The SMILES string of the molecule is Cn1cc(N2CCN(C(=O)C3CC(F)(F)CN3)CC2)cn1. The fraction of sp³-hybridized carbons (Fsp3) is 0.692. The van der Waals surface area contributed by atoms with E-state index in [-0.39, 0.29) is 5.91 Å². The molecule has 116 valence electrons. The van der Waals surface area contributed by atoms with Crippen LogP contribution >= 0.6 is 0 Å². The minimum atomic E-state index is -2.77. The van der Waals surface area contributed by atoms with Gasteiger partial charge < -0.3 is 9.80 Å². The van der Waals surface area contributed by atoms with Crippen LogP contribution in [0.1, 0.15) is 6.42 Å². The number of hydrogen-bond donors (Lipinski definition) is 1. The van der Waals surface area contributed by atoms with E-state index in [4.69, 9.17) is 0 Å². The molecular formula is C13H19F2N5O. The van der Waals surface area contributed by atoms with Crippen molar-refractivity contribution in [2.24, 2.45) is 7.05 Å². The lowest BCUT2D eigenvalue weighted by Gasteiger charge is -2.36. The summed E-state index contributed by atoms with van der Waals surface area (Å²) in [5.41, 5.74) is 1.02. The summed E-state index contributed by atoms with van der Waals surface area (Å²) < 4.78 is 28.0. The highest BCUT2D eigenvalue weighted by molar-refractivity contribution is 5.82. The van der Waals surface area contributed by atoms with Gasteiger partial charge in [0.25, 0.3) is 5.92 Å². The van der Waals surface area contributed by atoms with Crippen molar-refractivity contribution in [1.29, 1.82) is 0 Å². The minimum Gasteiger partial charge on any atom is -0.365 e. The molecule has 3 heterocycles. The molecule has 2 aliphatic heterocycles. The Balaban J connectivity index is 1.55. The number of piperazine rings is 1. The first-order chi connectivity index (χ1) is 9.94. The number of anilines is 1. The lowest BCUT2D eigenvalue weighted by atomic mass is 10.1. The molecule has 3 rings (SSSR count). The zero-order chi connectivity index (χ0) is 15.0. The predicted molar refractivity (Wildman–Crippen MR) is 73.4 cm³/mol. The van der Waals surface area contributed by atoms with E-state index >= 15 is 0 Å². The largest absolute Gasteiger partial charge is 0.365 e. The van der Waals surface area contributed by atoms with Crippen LogP contribution in [0.15, 0.2) is 12.4 Å². The van der Waals surface area contributed by atoms with E-state index in [0.717, 1.165) is 5.69 Å². The van der Waals surface area contributed by atoms with Gasteiger partial charge in [-0.25, -0.2) is 8.78 Å². The molecule has 0 bridgehead atoms. The van der Waals surface area contributed by atoms with Crippen molar-refractivity contribution in [2.45, 2.75) is 18.4 Å². The number of aromatic nitrogens is 2. The Morgan fingerprint density at radius 3 is 2.62 bits per heavy atom. The van der Waals surface area contributed by atoms with Gasteiger partial charge in [0.15, 0.2) is 0 Å². The molecular weight excluding hydrogens is 280 g/mol. The summed E-state index contributed by atoms with van der Waals surface area (Å²) in [5.74, 6) is -2.98. The second-order valence-electron chi connectivity index (χ2n) is 5.68. The highest BCUT2D eigenvalue weighted by Crippen LogP contribution is 2.26. The Labute approximate surface area is 121 Å². The third-order valence-corrected chi connectivity index (χ3v) is 4.06. The summed E-state index contributed by atoms with van der Waals surface area (Å²) >= 11 is 0. The monoisotopic (exact) mass is 299 g/mol. The molecule has 1 unspecified atom stereocenters. The van der Waals surface area contributed by atoms with Crippen molar-refractivity contribution in [3.63, 3.8) is 0 Å². The summed E-state index contributed by atoms with van der Waals surface area (Å²) in [7, 11) is 1.86. The maximum absolute atomic E-state index is 13.2. The summed E-state index contributed by atoms with van der Waals surface area (Å²) in [5, 5.41) is 6.75. The fourth-order valence-corrected chi connectivity index (χ4v) is 2.87. The highest BCUT2D eigenvalue weighted by Gasteiger charge is 2.43. The lowest BCUT2D eigenvalue weighted by molar-refractivity contribution is -0.134. The molecule has 0 saturated carbocycles. The van der Waals surface area contributed by atoms with Gasteiger partial charge in [-0.1, -0.05) is 0 Å². The number of hydrogen-bond acceptors (Lipinski definition) is 4. The number of nitrogens with zero attached hydrogens (tertiary/aromatic N) is 4. The van der Waals surface area contributed by atoms with Crippen LogP contribution in [0.25, 0.3) is 0 Å². The normalized spacial score (nSPS) is 25.4. The number of rotatable bonds is 2. The van der Waals surface area contributed by atoms with Gasteiger partial charge in [-0.05, 0) is 0 Å². The van der Waals surface area contributed by atoms with E-state index in [1.807, 2.05) is 13.2 Å². The molecule has 0 aliphatic carbocycles. The van der Waals surface area contributed by atoms with E-state index in [9.17, 15) is 13.6 Å². The van der Waals surface area contributed by atoms with Crippen LogP contribution in [-0.4, -0.2) is 65.3 Å². The van der Waals surface area contributed by atoms with Gasteiger partial charge in [-0.3, -0.25) is 14.8 Å². The van der Waals surface area contributed by atoms with Crippen LogP contribution in [-0.2, 0) is 11.8 Å². The molecule has 0 radical (unpaired) electrons. The Hall–Kier alpha value is -1.70. The zero-order valence-corrected chi connectivity index (χ0v) is 11.9. The summed E-state index contributed by atoms with van der Waals surface area (Å²) in [4.78, 5) is 16.0. The first-order valence-electron chi connectivity index (χ1n) is 7.08. The Bertz CT molecular complexity index is 524. The van der Waals surface area contributed by atoms with Crippen LogP contribution in [0, 0.1) is 0 Å². The zero-order valence-electron chi connectivity index (χ0n) is 11.9. The van der Waals surface area contributed by atoms with Gasteiger partial charge in [0, 0.05) is 45.8 Å². The minimum absolute atomic E-state index is 0.210. The highest BCUT2D eigenvalue weighted by atomic mass is 19.3. The van der Waals surface area contributed by atoms with Crippen molar-refractivity contribution in [3.8, 4) is 0 Å². The molecule has 0 aromatic carbocycles. The van der Waals surface area contributed by atoms with Gasteiger partial charge >= 0.3 is 0 Å². The van der Waals surface area contributed by atoms with Gasteiger partial charge in [0.05, 0.1) is 24.5 Å². The van der Waals surface area contributed by atoms with E-state index in [2.05, 4.69) is 15.3 Å². The molecule has 2 fully saturated rings. The second-order valence-corrected chi connectivity index (χ2v) is 5.68. The molecule has 2 saturated heterocycles. The van der Waals surface area contributed by atoms with Gasteiger partial charge in [-0.2, -0.15) is 5.10 Å². The Morgan fingerprint density at radius 2 is 2.10 bits per heavy atom. The molecule has 0 spiro atoms. The van der Waals surface area contributed by atoms with Crippen molar-refractivity contribution in [3.05, 3.63) is 12.4 Å². The second kappa shape index (κ2) is 5.25. The number of carbonyl (C=O) groups is 1. The maximum atomic E-state index is 13.2. The molecule has 1 N–H and O–H groups in total. The van der Waals surface area contributed by atoms with Crippen molar-refractivity contribution < 1.29 is 13.6 Å². The lowest BCUT2D eigenvalue weighted by Crippen LogP contribution is -2.53. The van der Waals surface area contributed by atoms with E-state index in [1.54, 1.807) is 15.8 Å². The summed E-state index contributed by atoms with van der Waals surface area (Å²) in [6.45, 7) is 2.09. The van der Waals surface area contributed by atoms with Crippen LogP contribution in [0.3, 0.4) is 0 Å². The number of carbonyl (C=O) groups excluding carboxylic acids is 1. The maximum Gasteiger partial charge on any atom is 0.262 e. The van der Waals surface area contributed by atoms with E-state index in [1.165, 1.54) is 0 Å². The third-order valence-electron chi connectivity index (χ3n) is 4.06. The third kappa shape index (κ3) is 2.99. The predicted octanol–water partition coefficient (Wildman–Crippen LogP) is 0.0659. The molecule has 21 heavy (non-hydrogen) atoms. The number of aryl methyl sites for hydroxylation is 1. The van der Waals surface area contributed by atoms with Crippen LogP contribution in [0.2, 0.25) is 0 Å². The summed E-state index contributed by atoms with van der Waals surface area (Å²) in [6, 6.07) is -0.745.